The molecule has 1 aliphatic heterocycles. The molecule has 4 nitrogen and oxygen atoms in total. The van der Waals surface area contributed by atoms with E-state index in [-0.39, 0.29) is 35.0 Å². The van der Waals surface area contributed by atoms with Gasteiger partial charge in [0.1, 0.15) is 11.2 Å². The molecule has 0 aromatic heterocycles. The van der Waals surface area contributed by atoms with Crippen LogP contribution < -0.4 is 0 Å². The molecule has 0 aliphatic carbocycles. The molecule has 6 heteroatoms. The largest absolute Gasteiger partial charge is 0.338 e. The van der Waals surface area contributed by atoms with Crippen molar-refractivity contribution in [2.45, 2.75) is 39.1 Å². The summed E-state index contributed by atoms with van der Waals surface area (Å²) >= 11 is 1.43. The van der Waals surface area contributed by atoms with Gasteiger partial charge in [-0.3, -0.25) is 9.59 Å². The minimum Gasteiger partial charge on any atom is -0.338 e. The number of amides is 2. The highest BCUT2D eigenvalue weighted by Gasteiger charge is 2.34. The van der Waals surface area contributed by atoms with Crippen LogP contribution >= 0.6 is 11.8 Å². The lowest BCUT2D eigenvalue weighted by Crippen LogP contribution is -2.45. The van der Waals surface area contributed by atoms with Gasteiger partial charge in [-0.1, -0.05) is 32.0 Å². The van der Waals surface area contributed by atoms with Crippen molar-refractivity contribution in [1.29, 1.82) is 0 Å². The normalized spacial score (nSPS) is 17.9. The van der Waals surface area contributed by atoms with Crippen LogP contribution in [0.25, 0.3) is 0 Å². The summed E-state index contributed by atoms with van der Waals surface area (Å²) in [5, 5.41) is -0.318. The van der Waals surface area contributed by atoms with Crippen molar-refractivity contribution in [3.63, 3.8) is 0 Å². The van der Waals surface area contributed by atoms with Crippen LogP contribution in [0.4, 0.5) is 4.39 Å². The zero-order valence-corrected chi connectivity index (χ0v) is 15.5. The highest BCUT2D eigenvalue weighted by molar-refractivity contribution is 8.00. The Balaban J connectivity index is 2.12. The van der Waals surface area contributed by atoms with Gasteiger partial charge in [-0.25, -0.2) is 4.39 Å². The Labute approximate surface area is 147 Å². The molecule has 0 N–H and O–H groups in total. The Morgan fingerprint density at radius 1 is 1.33 bits per heavy atom. The van der Waals surface area contributed by atoms with E-state index in [1.807, 2.05) is 27.7 Å². The van der Waals surface area contributed by atoms with E-state index in [9.17, 15) is 14.0 Å². The van der Waals surface area contributed by atoms with Gasteiger partial charge < -0.3 is 9.80 Å². The van der Waals surface area contributed by atoms with Crippen molar-refractivity contribution < 1.29 is 14.0 Å². The van der Waals surface area contributed by atoms with E-state index in [0.717, 1.165) is 0 Å². The Morgan fingerprint density at radius 2 is 2.00 bits per heavy atom. The van der Waals surface area contributed by atoms with Crippen LogP contribution in [0.5, 0.6) is 0 Å². The van der Waals surface area contributed by atoms with Gasteiger partial charge in [0.2, 0.25) is 11.8 Å². The van der Waals surface area contributed by atoms with E-state index in [0.29, 0.717) is 24.4 Å². The van der Waals surface area contributed by atoms with Crippen molar-refractivity contribution >= 4 is 23.6 Å². The molecule has 1 atom stereocenters. The lowest BCUT2D eigenvalue weighted by atomic mass is 10.1. The molecular weight excluding hydrogens is 327 g/mol. The molecule has 0 saturated carbocycles. The van der Waals surface area contributed by atoms with E-state index >= 15 is 0 Å². The topological polar surface area (TPSA) is 40.6 Å². The van der Waals surface area contributed by atoms with E-state index in [1.165, 1.54) is 17.8 Å². The monoisotopic (exact) mass is 352 g/mol. The van der Waals surface area contributed by atoms with Gasteiger partial charge in [0.25, 0.3) is 0 Å². The molecule has 2 amide bonds. The zero-order chi connectivity index (χ0) is 17.9. The van der Waals surface area contributed by atoms with Gasteiger partial charge >= 0.3 is 0 Å². The quantitative estimate of drug-likeness (QED) is 0.789. The van der Waals surface area contributed by atoms with Gasteiger partial charge in [0.05, 0.1) is 5.75 Å². The van der Waals surface area contributed by atoms with E-state index < -0.39 is 0 Å². The maximum absolute atomic E-state index is 14.1. The summed E-state index contributed by atoms with van der Waals surface area (Å²) in [5.41, 5.74) is 0.527. The van der Waals surface area contributed by atoms with Gasteiger partial charge in [-0.2, -0.15) is 0 Å². The Bertz CT molecular complexity index is 606. The Morgan fingerprint density at radius 3 is 2.58 bits per heavy atom. The van der Waals surface area contributed by atoms with Crippen LogP contribution in [-0.2, 0) is 9.59 Å². The third kappa shape index (κ3) is 4.09. The van der Waals surface area contributed by atoms with Gasteiger partial charge in [0.15, 0.2) is 0 Å². The predicted octanol–water partition coefficient (Wildman–Crippen LogP) is 3.29. The number of hydrogen-bond acceptors (Lipinski definition) is 3. The van der Waals surface area contributed by atoms with Gasteiger partial charge in [-0.15, -0.1) is 11.8 Å². The molecular formula is C18H25FN2O2S. The summed E-state index contributed by atoms with van der Waals surface area (Å²) in [6, 6.07) is 6.63. The molecule has 1 aromatic carbocycles. The summed E-state index contributed by atoms with van der Waals surface area (Å²) in [6.45, 7) is 8.56. The van der Waals surface area contributed by atoms with Crippen LogP contribution in [0, 0.1) is 11.7 Å². The maximum atomic E-state index is 14.1. The van der Waals surface area contributed by atoms with Crippen LogP contribution in [0.2, 0.25) is 0 Å². The summed E-state index contributed by atoms with van der Waals surface area (Å²) in [5.74, 6) is 0.0338. The predicted molar refractivity (Wildman–Crippen MR) is 95.0 cm³/mol. The minimum atomic E-state index is -0.318. The first-order valence-electron chi connectivity index (χ1n) is 8.29. The van der Waals surface area contributed by atoms with E-state index in [1.54, 1.807) is 28.0 Å². The molecule has 1 saturated heterocycles. The average Bonchev–Trinajstić information content (AvgIpc) is 2.88. The molecule has 132 valence electrons. The lowest BCUT2D eigenvalue weighted by molar-refractivity contribution is -0.138. The summed E-state index contributed by atoms with van der Waals surface area (Å²) < 4.78 is 14.1. The fraction of sp³-hybridized carbons (Fsp3) is 0.556. The first-order chi connectivity index (χ1) is 11.3. The summed E-state index contributed by atoms with van der Waals surface area (Å²) in [4.78, 5) is 28.0. The number of thioether (sulfide) groups is 1. The van der Waals surface area contributed by atoms with Crippen LogP contribution in [0.1, 0.15) is 38.6 Å². The molecule has 0 unspecified atom stereocenters. The molecule has 1 fully saturated rings. The van der Waals surface area contributed by atoms with Crippen LogP contribution in [-0.4, -0.2) is 46.5 Å². The maximum Gasteiger partial charge on any atom is 0.233 e. The Hall–Kier alpha value is -1.56. The smallest absolute Gasteiger partial charge is 0.233 e. The second-order valence-corrected chi connectivity index (χ2v) is 7.62. The highest BCUT2D eigenvalue weighted by Crippen LogP contribution is 2.39. The van der Waals surface area contributed by atoms with Gasteiger partial charge in [0, 0.05) is 30.6 Å². The average molecular weight is 352 g/mol. The van der Waals surface area contributed by atoms with E-state index in [2.05, 4.69) is 0 Å². The third-order valence-electron chi connectivity index (χ3n) is 4.12. The highest BCUT2D eigenvalue weighted by atomic mass is 32.2. The standard InChI is InChI=1S/C18H25FN2O2S/c1-12(2)17(23)20(13(3)4)9-10-21-16(22)11-24-18(21)14-7-5-6-8-15(14)19/h5-8,12-13,18H,9-11H2,1-4H3/t18-/m1/s1. The number of carbonyl (C=O) groups excluding carboxylic acids is 2. The Kier molecular flexibility index (Phi) is 6.27. The van der Waals surface area contributed by atoms with Crippen molar-refractivity contribution in [1.82, 2.24) is 9.80 Å². The third-order valence-corrected chi connectivity index (χ3v) is 5.36. The first kappa shape index (κ1) is 18.8. The summed E-state index contributed by atoms with van der Waals surface area (Å²) in [6.07, 6.45) is 0. The van der Waals surface area contributed by atoms with Crippen molar-refractivity contribution in [3.05, 3.63) is 35.6 Å². The number of carbonyl (C=O) groups is 2. The van der Waals surface area contributed by atoms with Crippen LogP contribution in [0.3, 0.4) is 0 Å². The number of halogens is 1. The number of hydrogen-bond donors (Lipinski definition) is 0. The number of rotatable bonds is 6. The number of benzene rings is 1. The molecule has 0 spiro atoms. The second-order valence-electron chi connectivity index (χ2n) is 6.55. The van der Waals surface area contributed by atoms with Crippen molar-refractivity contribution in [2.24, 2.45) is 5.92 Å². The van der Waals surface area contributed by atoms with Crippen molar-refractivity contribution in [2.75, 3.05) is 18.8 Å². The molecule has 2 rings (SSSR count). The molecule has 1 heterocycles. The summed E-state index contributed by atoms with van der Waals surface area (Å²) in [7, 11) is 0. The zero-order valence-electron chi connectivity index (χ0n) is 14.7. The van der Waals surface area contributed by atoms with Crippen molar-refractivity contribution in [3.8, 4) is 0 Å². The fourth-order valence-corrected chi connectivity index (χ4v) is 4.04. The van der Waals surface area contributed by atoms with Crippen LogP contribution in [0.15, 0.2) is 24.3 Å². The number of nitrogens with zero attached hydrogens (tertiary/aromatic N) is 2. The molecule has 0 radical (unpaired) electrons. The molecule has 24 heavy (non-hydrogen) atoms. The van der Waals surface area contributed by atoms with E-state index in [4.69, 9.17) is 0 Å². The first-order valence-corrected chi connectivity index (χ1v) is 9.33. The fourth-order valence-electron chi connectivity index (χ4n) is 2.80. The molecule has 1 aromatic rings. The minimum absolute atomic E-state index is 0.00560. The SMILES string of the molecule is CC(C)C(=O)N(CCN1C(=O)CS[C@@H]1c1ccccc1F)C(C)C. The van der Waals surface area contributed by atoms with Gasteiger partial charge in [-0.05, 0) is 19.9 Å². The second kappa shape index (κ2) is 8.01. The lowest BCUT2D eigenvalue weighted by Gasteiger charge is -2.32. The molecule has 0 bridgehead atoms. The molecule has 1 aliphatic rings.